The van der Waals surface area contributed by atoms with Crippen molar-refractivity contribution in [2.45, 2.75) is 13.0 Å². The molecule has 0 fully saturated rings. The molecule has 1 unspecified atom stereocenters. The Hall–Kier alpha value is -1.26. The second-order valence-electron chi connectivity index (χ2n) is 3.78. The van der Waals surface area contributed by atoms with E-state index in [1.807, 2.05) is 25.1 Å². The Balaban J connectivity index is 2.53. The minimum absolute atomic E-state index is 0.0331. The number of methoxy groups -OCH3 is 2. The van der Waals surface area contributed by atoms with E-state index in [1.165, 1.54) is 0 Å². The van der Waals surface area contributed by atoms with Gasteiger partial charge in [-0.3, -0.25) is 0 Å². The van der Waals surface area contributed by atoms with E-state index in [0.717, 1.165) is 16.9 Å². The van der Waals surface area contributed by atoms with Crippen LogP contribution in [-0.2, 0) is 9.47 Å². The molecule has 1 atom stereocenters. The van der Waals surface area contributed by atoms with Crippen LogP contribution in [0.2, 0.25) is 0 Å². The zero-order valence-corrected chi connectivity index (χ0v) is 10.1. The van der Waals surface area contributed by atoms with Crippen LogP contribution in [0, 0.1) is 6.92 Å². The van der Waals surface area contributed by atoms with Gasteiger partial charge in [0.05, 0.1) is 24.1 Å². The maximum Gasteiger partial charge on any atom is 0.0976 e. The van der Waals surface area contributed by atoms with Gasteiger partial charge in [-0.15, -0.1) is 0 Å². The summed E-state index contributed by atoms with van der Waals surface area (Å²) in [5.74, 6) is 0. The van der Waals surface area contributed by atoms with Gasteiger partial charge < -0.3 is 20.5 Å². The van der Waals surface area contributed by atoms with Crippen LogP contribution in [0.5, 0.6) is 0 Å². The minimum Gasteiger partial charge on any atom is -0.397 e. The Morgan fingerprint density at radius 1 is 1.38 bits per heavy atom. The summed E-state index contributed by atoms with van der Waals surface area (Å²) in [6, 6.07) is 5.95. The molecule has 0 spiro atoms. The van der Waals surface area contributed by atoms with E-state index in [2.05, 4.69) is 5.32 Å². The lowest BCUT2D eigenvalue weighted by atomic mass is 10.2. The number of hydrogen-bond donors (Lipinski definition) is 2. The molecule has 0 aliphatic heterocycles. The molecule has 0 amide bonds. The van der Waals surface area contributed by atoms with Gasteiger partial charge in [0.25, 0.3) is 0 Å². The van der Waals surface area contributed by atoms with E-state index >= 15 is 0 Å². The van der Waals surface area contributed by atoms with Crippen LogP contribution in [0.4, 0.5) is 11.4 Å². The van der Waals surface area contributed by atoms with E-state index in [4.69, 9.17) is 15.2 Å². The summed E-state index contributed by atoms with van der Waals surface area (Å²) < 4.78 is 10.3. The molecule has 1 aromatic carbocycles. The lowest BCUT2D eigenvalue weighted by molar-refractivity contribution is 0.0366. The first-order valence-electron chi connectivity index (χ1n) is 5.29. The zero-order valence-electron chi connectivity index (χ0n) is 10.1. The van der Waals surface area contributed by atoms with Crippen molar-refractivity contribution in [3.63, 3.8) is 0 Å². The number of benzene rings is 1. The van der Waals surface area contributed by atoms with Crippen LogP contribution in [0.25, 0.3) is 0 Å². The van der Waals surface area contributed by atoms with E-state index < -0.39 is 0 Å². The van der Waals surface area contributed by atoms with E-state index in [-0.39, 0.29) is 6.10 Å². The SMILES string of the molecule is COCC(CNc1ccc(C)cc1N)OC. The van der Waals surface area contributed by atoms with Crippen molar-refractivity contribution in [1.82, 2.24) is 0 Å². The fourth-order valence-corrected chi connectivity index (χ4v) is 1.46. The van der Waals surface area contributed by atoms with Crippen molar-refractivity contribution in [2.24, 2.45) is 0 Å². The van der Waals surface area contributed by atoms with Crippen LogP contribution >= 0.6 is 0 Å². The highest BCUT2D eigenvalue weighted by Gasteiger charge is 2.07. The average molecular weight is 224 g/mol. The Labute approximate surface area is 96.7 Å². The molecule has 0 saturated heterocycles. The van der Waals surface area contributed by atoms with Crippen molar-refractivity contribution in [1.29, 1.82) is 0 Å². The summed E-state index contributed by atoms with van der Waals surface area (Å²) in [4.78, 5) is 0. The first-order chi connectivity index (χ1) is 7.67. The molecule has 0 aliphatic carbocycles. The van der Waals surface area contributed by atoms with Crippen molar-refractivity contribution < 1.29 is 9.47 Å². The maximum atomic E-state index is 5.89. The van der Waals surface area contributed by atoms with Gasteiger partial charge in [-0.05, 0) is 24.6 Å². The third-order valence-electron chi connectivity index (χ3n) is 2.41. The van der Waals surface area contributed by atoms with Crippen molar-refractivity contribution in [3.8, 4) is 0 Å². The van der Waals surface area contributed by atoms with Gasteiger partial charge in [0.15, 0.2) is 0 Å². The molecule has 16 heavy (non-hydrogen) atoms. The van der Waals surface area contributed by atoms with Crippen molar-refractivity contribution >= 4 is 11.4 Å². The molecule has 3 N–H and O–H groups in total. The molecule has 90 valence electrons. The molecule has 0 heterocycles. The lowest BCUT2D eigenvalue weighted by Gasteiger charge is -2.17. The Bertz CT molecular complexity index is 329. The first-order valence-corrected chi connectivity index (χ1v) is 5.29. The van der Waals surface area contributed by atoms with E-state index in [9.17, 15) is 0 Å². The highest BCUT2D eigenvalue weighted by atomic mass is 16.5. The molecule has 4 nitrogen and oxygen atoms in total. The maximum absolute atomic E-state index is 5.89. The number of hydrogen-bond acceptors (Lipinski definition) is 4. The van der Waals surface area contributed by atoms with Gasteiger partial charge in [-0.1, -0.05) is 6.07 Å². The monoisotopic (exact) mass is 224 g/mol. The summed E-state index contributed by atoms with van der Waals surface area (Å²) in [5.41, 5.74) is 8.73. The number of nitrogens with one attached hydrogen (secondary N) is 1. The summed E-state index contributed by atoms with van der Waals surface area (Å²) in [6.45, 7) is 3.26. The van der Waals surface area contributed by atoms with Gasteiger partial charge in [0.1, 0.15) is 0 Å². The molecule has 0 saturated carbocycles. The molecule has 0 aliphatic rings. The van der Waals surface area contributed by atoms with Crippen LogP contribution in [0.15, 0.2) is 18.2 Å². The highest BCUT2D eigenvalue weighted by Crippen LogP contribution is 2.19. The number of nitrogen functional groups attached to an aromatic ring is 1. The van der Waals surface area contributed by atoms with Crippen LogP contribution in [0.1, 0.15) is 5.56 Å². The number of nitrogens with two attached hydrogens (primary N) is 1. The fourth-order valence-electron chi connectivity index (χ4n) is 1.46. The van der Waals surface area contributed by atoms with Gasteiger partial charge in [0, 0.05) is 20.8 Å². The van der Waals surface area contributed by atoms with Crippen LogP contribution in [-0.4, -0.2) is 33.5 Å². The number of rotatable bonds is 6. The normalized spacial score (nSPS) is 12.4. The predicted octanol–water partition coefficient (Wildman–Crippen LogP) is 1.65. The number of ether oxygens (including phenoxy) is 2. The zero-order chi connectivity index (χ0) is 12.0. The smallest absolute Gasteiger partial charge is 0.0976 e. The third-order valence-corrected chi connectivity index (χ3v) is 2.41. The van der Waals surface area contributed by atoms with Gasteiger partial charge in [-0.2, -0.15) is 0 Å². The summed E-state index contributed by atoms with van der Waals surface area (Å²) in [7, 11) is 3.33. The predicted molar refractivity (Wildman–Crippen MR) is 66.8 cm³/mol. The molecule has 1 aromatic rings. The highest BCUT2D eigenvalue weighted by molar-refractivity contribution is 5.66. The second-order valence-corrected chi connectivity index (χ2v) is 3.78. The fraction of sp³-hybridized carbons (Fsp3) is 0.500. The number of aryl methyl sites for hydroxylation is 1. The topological polar surface area (TPSA) is 56.5 Å². The molecule has 0 bridgehead atoms. The van der Waals surface area contributed by atoms with Gasteiger partial charge >= 0.3 is 0 Å². The van der Waals surface area contributed by atoms with E-state index in [1.54, 1.807) is 14.2 Å². The summed E-state index contributed by atoms with van der Waals surface area (Å²) in [5, 5.41) is 3.25. The molecule has 4 heteroatoms. The Morgan fingerprint density at radius 2 is 2.12 bits per heavy atom. The molecule has 0 aromatic heterocycles. The van der Waals surface area contributed by atoms with Gasteiger partial charge in [-0.25, -0.2) is 0 Å². The quantitative estimate of drug-likeness (QED) is 0.721. The molecule has 0 radical (unpaired) electrons. The minimum atomic E-state index is 0.0331. The van der Waals surface area contributed by atoms with Crippen molar-refractivity contribution in [3.05, 3.63) is 23.8 Å². The molecular weight excluding hydrogens is 204 g/mol. The first kappa shape index (κ1) is 12.8. The molecular formula is C12H20N2O2. The molecule has 1 rings (SSSR count). The largest absolute Gasteiger partial charge is 0.397 e. The summed E-state index contributed by atoms with van der Waals surface area (Å²) in [6.07, 6.45) is 0.0331. The standard InChI is InChI=1S/C12H20N2O2/c1-9-4-5-12(11(13)6-9)14-7-10(16-3)8-15-2/h4-6,10,14H,7-8,13H2,1-3H3. The average Bonchev–Trinajstić information content (AvgIpc) is 2.26. The van der Waals surface area contributed by atoms with Crippen molar-refractivity contribution in [2.75, 3.05) is 38.4 Å². The van der Waals surface area contributed by atoms with Crippen LogP contribution in [0.3, 0.4) is 0 Å². The van der Waals surface area contributed by atoms with Gasteiger partial charge in [0.2, 0.25) is 0 Å². The van der Waals surface area contributed by atoms with E-state index in [0.29, 0.717) is 13.2 Å². The second kappa shape index (κ2) is 6.35. The Morgan fingerprint density at radius 3 is 2.69 bits per heavy atom. The van der Waals surface area contributed by atoms with Crippen LogP contribution < -0.4 is 11.1 Å². The Kier molecular flexibility index (Phi) is 5.08. The lowest BCUT2D eigenvalue weighted by Crippen LogP contribution is -2.26. The third kappa shape index (κ3) is 3.72. The number of anilines is 2. The summed E-state index contributed by atoms with van der Waals surface area (Å²) >= 11 is 0.